The Morgan fingerprint density at radius 2 is 1.24 bits per heavy atom. The molecule has 2 aliphatic rings. The van der Waals surface area contributed by atoms with Crippen LogP contribution in [0.2, 0.25) is 0 Å². The quantitative estimate of drug-likeness (QED) is 0.556. The molecule has 0 saturated carbocycles. The predicted molar refractivity (Wildman–Crippen MR) is 60.2 cm³/mol. The van der Waals surface area contributed by atoms with E-state index in [1.807, 2.05) is 0 Å². The molecular formula is C9H18ClNO4S2. The fraction of sp³-hybridized carbons (Fsp3) is 1.00. The lowest BCUT2D eigenvalue weighted by Gasteiger charge is -2.19. The molecule has 8 heteroatoms. The van der Waals surface area contributed by atoms with Crippen molar-refractivity contribution in [1.82, 2.24) is 0 Å². The van der Waals surface area contributed by atoms with Gasteiger partial charge in [0, 0.05) is 11.8 Å². The van der Waals surface area contributed by atoms with E-state index in [0.717, 1.165) is 0 Å². The molecule has 5 nitrogen and oxygen atoms in total. The highest BCUT2D eigenvalue weighted by Crippen LogP contribution is 2.29. The van der Waals surface area contributed by atoms with Crippen LogP contribution >= 0.6 is 0 Å². The maximum atomic E-state index is 11.3. The van der Waals surface area contributed by atoms with Crippen molar-refractivity contribution in [3.8, 4) is 0 Å². The molecule has 102 valence electrons. The monoisotopic (exact) mass is 303 g/mol. The van der Waals surface area contributed by atoms with Crippen molar-refractivity contribution in [2.45, 2.75) is 18.9 Å². The number of quaternary nitrogens is 1. The zero-order valence-electron chi connectivity index (χ0n) is 9.51. The SMILES string of the molecule is [Cl-].[NH3+]C(C1CCS(=O)(=O)C1)C1CCS(=O)(=O)C1. The van der Waals surface area contributed by atoms with Gasteiger partial charge in [0.1, 0.15) is 0 Å². The molecule has 0 radical (unpaired) electrons. The van der Waals surface area contributed by atoms with Crippen LogP contribution in [0.15, 0.2) is 0 Å². The van der Waals surface area contributed by atoms with Crippen LogP contribution in [0.4, 0.5) is 0 Å². The van der Waals surface area contributed by atoms with Crippen LogP contribution in [-0.2, 0) is 19.7 Å². The Morgan fingerprint density at radius 1 is 0.882 bits per heavy atom. The van der Waals surface area contributed by atoms with Gasteiger partial charge in [-0.2, -0.15) is 0 Å². The largest absolute Gasteiger partial charge is 1.00 e. The van der Waals surface area contributed by atoms with Gasteiger partial charge < -0.3 is 18.1 Å². The highest BCUT2D eigenvalue weighted by Gasteiger charge is 2.42. The first-order valence-electron chi connectivity index (χ1n) is 5.53. The van der Waals surface area contributed by atoms with Crippen molar-refractivity contribution < 1.29 is 35.0 Å². The Labute approximate surface area is 108 Å². The summed E-state index contributed by atoms with van der Waals surface area (Å²) in [4.78, 5) is 0. The van der Waals surface area contributed by atoms with Crippen molar-refractivity contribution in [1.29, 1.82) is 0 Å². The summed E-state index contributed by atoms with van der Waals surface area (Å²) in [5.41, 5.74) is 4.00. The summed E-state index contributed by atoms with van der Waals surface area (Å²) in [7, 11) is -5.78. The zero-order valence-corrected chi connectivity index (χ0v) is 11.9. The van der Waals surface area contributed by atoms with Crippen LogP contribution in [0.25, 0.3) is 0 Å². The highest BCUT2D eigenvalue weighted by atomic mass is 35.5. The fourth-order valence-electron chi connectivity index (χ4n) is 2.71. The lowest BCUT2D eigenvalue weighted by Crippen LogP contribution is -3.00. The Bertz CT molecular complexity index is 429. The predicted octanol–water partition coefficient (Wildman–Crippen LogP) is -4.53. The van der Waals surface area contributed by atoms with Gasteiger partial charge in [-0.25, -0.2) is 16.8 Å². The first-order chi connectivity index (χ1) is 7.29. The average molecular weight is 304 g/mol. The average Bonchev–Trinajstić information content (AvgIpc) is 2.68. The van der Waals surface area contributed by atoms with E-state index < -0.39 is 19.7 Å². The molecule has 2 saturated heterocycles. The Balaban J connectivity index is 0.00000144. The maximum absolute atomic E-state index is 11.3. The first-order valence-corrected chi connectivity index (χ1v) is 9.17. The van der Waals surface area contributed by atoms with Gasteiger partial charge in [0.25, 0.3) is 0 Å². The minimum absolute atomic E-state index is 0. The number of rotatable bonds is 2. The summed E-state index contributed by atoms with van der Waals surface area (Å²) >= 11 is 0. The summed E-state index contributed by atoms with van der Waals surface area (Å²) in [5.74, 6) is 0.980. The standard InChI is InChI=1S/C9H17NO4S2.ClH/c10-9(7-1-3-15(11,12)5-7)8-2-4-16(13,14)6-8;/h7-9H,1-6,10H2;1H. The maximum Gasteiger partial charge on any atom is 0.150 e. The van der Waals surface area contributed by atoms with Crippen LogP contribution in [-0.4, -0.2) is 45.9 Å². The molecule has 2 heterocycles. The van der Waals surface area contributed by atoms with Crippen LogP contribution < -0.4 is 18.1 Å². The van der Waals surface area contributed by atoms with Crippen molar-refractivity contribution in [3.63, 3.8) is 0 Å². The lowest BCUT2D eigenvalue weighted by molar-refractivity contribution is -0.443. The third kappa shape index (κ3) is 3.56. The summed E-state index contributed by atoms with van der Waals surface area (Å²) in [6.07, 6.45) is 1.29. The minimum atomic E-state index is -2.89. The normalized spacial score (nSPS) is 36.3. The number of hydrogen-bond acceptors (Lipinski definition) is 4. The molecular weight excluding hydrogens is 286 g/mol. The topological polar surface area (TPSA) is 95.9 Å². The highest BCUT2D eigenvalue weighted by molar-refractivity contribution is 7.91. The Morgan fingerprint density at radius 3 is 1.47 bits per heavy atom. The van der Waals surface area contributed by atoms with E-state index in [4.69, 9.17) is 0 Å². The van der Waals surface area contributed by atoms with Gasteiger partial charge in [0.05, 0.1) is 29.1 Å². The Kier molecular flexibility index (Phi) is 4.50. The second-order valence-corrected chi connectivity index (χ2v) is 9.45. The molecule has 2 aliphatic heterocycles. The molecule has 0 aromatic carbocycles. The van der Waals surface area contributed by atoms with Gasteiger partial charge in [-0.05, 0) is 12.8 Å². The van der Waals surface area contributed by atoms with Crippen molar-refractivity contribution in [3.05, 3.63) is 0 Å². The molecule has 2 unspecified atom stereocenters. The number of sulfone groups is 2. The van der Waals surface area contributed by atoms with E-state index in [1.54, 1.807) is 0 Å². The number of hydrogen-bond donors (Lipinski definition) is 1. The molecule has 0 bridgehead atoms. The van der Waals surface area contributed by atoms with Crippen molar-refractivity contribution >= 4 is 19.7 Å². The van der Waals surface area contributed by atoms with Gasteiger partial charge >= 0.3 is 0 Å². The summed E-state index contributed by atoms with van der Waals surface area (Å²) in [6, 6.07) is -0.0328. The van der Waals surface area contributed by atoms with E-state index in [9.17, 15) is 16.8 Å². The zero-order chi connectivity index (χ0) is 12.0. The minimum Gasteiger partial charge on any atom is -1.00 e. The van der Waals surface area contributed by atoms with Gasteiger partial charge in [-0.15, -0.1) is 0 Å². The number of halogens is 1. The second-order valence-electron chi connectivity index (χ2n) is 4.99. The van der Waals surface area contributed by atoms with Gasteiger partial charge in [-0.1, -0.05) is 0 Å². The smallest absolute Gasteiger partial charge is 0.150 e. The third-order valence-electron chi connectivity index (χ3n) is 3.75. The van der Waals surface area contributed by atoms with Crippen LogP contribution in [0.3, 0.4) is 0 Å². The molecule has 17 heavy (non-hydrogen) atoms. The van der Waals surface area contributed by atoms with Crippen molar-refractivity contribution in [2.24, 2.45) is 11.8 Å². The van der Waals surface area contributed by atoms with Crippen LogP contribution in [0, 0.1) is 11.8 Å². The molecule has 0 aromatic rings. The molecule has 0 spiro atoms. The lowest BCUT2D eigenvalue weighted by atomic mass is 9.88. The molecule has 0 aromatic heterocycles. The van der Waals surface area contributed by atoms with E-state index in [2.05, 4.69) is 5.73 Å². The molecule has 3 N–H and O–H groups in total. The molecule has 2 fully saturated rings. The molecule has 0 aliphatic carbocycles. The second kappa shape index (κ2) is 5.03. The third-order valence-corrected chi connectivity index (χ3v) is 7.33. The van der Waals surface area contributed by atoms with Crippen LogP contribution in [0.5, 0.6) is 0 Å². The van der Waals surface area contributed by atoms with Gasteiger partial charge in [-0.3, -0.25) is 0 Å². The Hall–Kier alpha value is 0.150. The molecule has 2 atom stereocenters. The molecule has 0 amide bonds. The van der Waals surface area contributed by atoms with E-state index in [-0.39, 0.29) is 53.3 Å². The van der Waals surface area contributed by atoms with Gasteiger partial charge in [0.15, 0.2) is 19.7 Å². The van der Waals surface area contributed by atoms with Crippen LogP contribution in [0.1, 0.15) is 12.8 Å². The first kappa shape index (κ1) is 15.2. The van der Waals surface area contributed by atoms with E-state index >= 15 is 0 Å². The summed E-state index contributed by atoms with van der Waals surface area (Å²) < 4.78 is 45.4. The fourth-order valence-corrected chi connectivity index (χ4v) is 6.50. The van der Waals surface area contributed by atoms with E-state index in [1.165, 1.54) is 0 Å². The van der Waals surface area contributed by atoms with Gasteiger partial charge in [0.2, 0.25) is 0 Å². The summed E-state index contributed by atoms with van der Waals surface area (Å²) in [5, 5.41) is 0. The van der Waals surface area contributed by atoms with E-state index in [0.29, 0.717) is 12.8 Å². The molecule has 2 rings (SSSR count). The summed E-state index contributed by atoms with van der Waals surface area (Å²) in [6.45, 7) is 0. The van der Waals surface area contributed by atoms with Crippen molar-refractivity contribution in [2.75, 3.05) is 23.0 Å².